The third kappa shape index (κ3) is 4.35. The first kappa shape index (κ1) is 15.2. The number of hydrogen-bond acceptors (Lipinski definition) is 4. The molecular formula is C7H11F3O5S. The van der Waals surface area contributed by atoms with E-state index in [0.717, 1.165) is 0 Å². The van der Waals surface area contributed by atoms with Crippen LogP contribution in [0.1, 0.15) is 26.2 Å². The van der Waals surface area contributed by atoms with Gasteiger partial charge in [0.05, 0.1) is 0 Å². The van der Waals surface area contributed by atoms with E-state index >= 15 is 0 Å². The summed E-state index contributed by atoms with van der Waals surface area (Å²) in [5.41, 5.74) is -5.60. The van der Waals surface area contributed by atoms with Crippen molar-refractivity contribution in [2.24, 2.45) is 0 Å². The molecular weight excluding hydrogens is 253 g/mol. The van der Waals surface area contributed by atoms with E-state index in [1.54, 1.807) is 6.92 Å². The minimum Gasteiger partial charge on any atom is -0.479 e. The highest BCUT2D eigenvalue weighted by molar-refractivity contribution is 7.87. The summed E-state index contributed by atoms with van der Waals surface area (Å²) in [5.74, 6) is -1.73. The molecule has 0 saturated carbocycles. The number of rotatable bonds is 6. The van der Waals surface area contributed by atoms with Crippen molar-refractivity contribution in [3.05, 3.63) is 0 Å². The molecule has 0 fully saturated rings. The van der Waals surface area contributed by atoms with E-state index in [4.69, 9.17) is 5.11 Å². The van der Waals surface area contributed by atoms with E-state index in [0.29, 0.717) is 6.42 Å². The standard InChI is InChI=1S/C7H11F3O5S/c1-2-3-4-5(6(11)12)15-16(13,14)7(8,9)10/h5H,2-4H2,1H3,(H,11,12)/t5-/m1/s1. The minimum absolute atomic E-state index is 0.254. The van der Waals surface area contributed by atoms with Gasteiger partial charge in [-0.15, -0.1) is 0 Å². The molecule has 0 rings (SSSR count). The van der Waals surface area contributed by atoms with Crippen LogP contribution in [0.25, 0.3) is 0 Å². The number of halogens is 3. The van der Waals surface area contributed by atoms with E-state index in [-0.39, 0.29) is 12.8 Å². The number of aliphatic carboxylic acids is 1. The van der Waals surface area contributed by atoms with Crippen molar-refractivity contribution in [3.8, 4) is 0 Å². The maximum Gasteiger partial charge on any atom is 0.523 e. The molecule has 0 saturated heterocycles. The highest BCUT2D eigenvalue weighted by atomic mass is 32.2. The fourth-order valence-electron chi connectivity index (χ4n) is 0.810. The lowest BCUT2D eigenvalue weighted by Crippen LogP contribution is -2.34. The van der Waals surface area contributed by atoms with Gasteiger partial charge in [0, 0.05) is 0 Å². The van der Waals surface area contributed by atoms with Gasteiger partial charge in [-0.2, -0.15) is 21.6 Å². The monoisotopic (exact) mass is 264 g/mol. The van der Waals surface area contributed by atoms with Crippen LogP contribution in [0.2, 0.25) is 0 Å². The van der Waals surface area contributed by atoms with Crippen LogP contribution in [0, 0.1) is 0 Å². The Labute approximate surface area is 90.3 Å². The van der Waals surface area contributed by atoms with E-state index in [9.17, 15) is 26.4 Å². The molecule has 9 heteroatoms. The van der Waals surface area contributed by atoms with Crippen LogP contribution in [0.4, 0.5) is 13.2 Å². The van der Waals surface area contributed by atoms with Gasteiger partial charge in [-0.25, -0.2) is 8.98 Å². The van der Waals surface area contributed by atoms with Crippen LogP contribution >= 0.6 is 0 Å². The molecule has 0 aromatic carbocycles. The van der Waals surface area contributed by atoms with E-state index < -0.39 is 27.7 Å². The molecule has 0 heterocycles. The molecule has 5 nitrogen and oxygen atoms in total. The second kappa shape index (κ2) is 5.48. The van der Waals surface area contributed by atoms with Crippen molar-refractivity contribution >= 4 is 16.1 Å². The summed E-state index contributed by atoms with van der Waals surface area (Å²) in [4.78, 5) is 10.5. The van der Waals surface area contributed by atoms with Gasteiger partial charge in [-0.3, -0.25) is 0 Å². The molecule has 0 radical (unpaired) electrons. The zero-order valence-electron chi connectivity index (χ0n) is 8.32. The van der Waals surface area contributed by atoms with Gasteiger partial charge in [0.2, 0.25) is 0 Å². The summed E-state index contributed by atoms with van der Waals surface area (Å²) < 4.78 is 60.3. The first-order chi connectivity index (χ1) is 7.12. The number of carbonyl (C=O) groups is 1. The molecule has 1 N–H and O–H groups in total. The summed E-state index contributed by atoms with van der Waals surface area (Å²) >= 11 is 0. The summed E-state index contributed by atoms with van der Waals surface area (Å²) in [6.45, 7) is 1.68. The van der Waals surface area contributed by atoms with Crippen LogP contribution in [-0.4, -0.2) is 31.1 Å². The predicted molar refractivity (Wildman–Crippen MR) is 47.0 cm³/mol. The number of carboxylic acids is 1. The largest absolute Gasteiger partial charge is 0.523 e. The second-order valence-electron chi connectivity index (χ2n) is 2.97. The zero-order chi connectivity index (χ0) is 13.0. The van der Waals surface area contributed by atoms with Gasteiger partial charge < -0.3 is 5.11 Å². The normalized spacial score (nSPS) is 14.8. The van der Waals surface area contributed by atoms with E-state index in [2.05, 4.69) is 4.18 Å². The maximum atomic E-state index is 11.9. The highest BCUT2D eigenvalue weighted by Gasteiger charge is 2.49. The number of alkyl halides is 3. The summed E-state index contributed by atoms with van der Waals surface area (Å²) in [6, 6.07) is 0. The molecule has 0 amide bonds. The Morgan fingerprint density at radius 1 is 1.44 bits per heavy atom. The van der Waals surface area contributed by atoms with Crippen molar-refractivity contribution in [3.63, 3.8) is 0 Å². The summed E-state index contributed by atoms with van der Waals surface area (Å²) in [7, 11) is -5.85. The molecule has 0 aliphatic rings. The van der Waals surface area contributed by atoms with Crippen LogP contribution < -0.4 is 0 Å². The van der Waals surface area contributed by atoms with E-state index in [1.807, 2.05) is 0 Å². The number of unbranched alkanes of at least 4 members (excludes halogenated alkanes) is 1. The Hall–Kier alpha value is -0.830. The quantitative estimate of drug-likeness (QED) is 0.580. The average molecular weight is 264 g/mol. The van der Waals surface area contributed by atoms with Gasteiger partial charge in [0.15, 0.2) is 6.10 Å². The molecule has 96 valence electrons. The van der Waals surface area contributed by atoms with Gasteiger partial charge in [-0.05, 0) is 6.42 Å². The first-order valence-electron chi connectivity index (χ1n) is 4.34. The van der Waals surface area contributed by atoms with Crippen LogP contribution in [0.5, 0.6) is 0 Å². The molecule has 1 atom stereocenters. The number of hydrogen-bond donors (Lipinski definition) is 1. The first-order valence-corrected chi connectivity index (χ1v) is 5.75. The molecule has 0 bridgehead atoms. The molecule has 0 spiro atoms. The average Bonchev–Trinajstić information content (AvgIpc) is 2.09. The Bertz CT molecular complexity index is 334. The van der Waals surface area contributed by atoms with Crippen LogP contribution in [-0.2, 0) is 19.1 Å². The van der Waals surface area contributed by atoms with Crippen molar-refractivity contribution in [2.45, 2.75) is 37.8 Å². The lowest BCUT2D eigenvalue weighted by molar-refractivity contribution is -0.146. The topological polar surface area (TPSA) is 80.7 Å². The lowest BCUT2D eigenvalue weighted by Gasteiger charge is -2.14. The Morgan fingerprint density at radius 3 is 2.25 bits per heavy atom. The lowest BCUT2D eigenvalue weighted by atomic mass is 10.2. The van der Waals surface area contributed by atoms with E-state index in [1.165, 1.54) is 0 Å². The van der Waals surface area contributed by atoms with Gasteiger partial charge in [0.1, 0.15) is 0 Å². The molecule has 0 aliphatic carbocycles. The highest BCUT2D eigenvalue weighted by Crippen LogP contribution is 2.26. The van der Waals surface area contributed by atoms with Gasteiger partial charge in [-0.1, -0.05) is 19.8 Å². The van der Waals surface area contributed by atoms with Crippen molar-refractivity contribution in [2.75, 3.05) is 0 Å². The minimum atomic E-state index is -5.85. The van der Waals surface area contributed by atoms with Crippen molar-refractivity contribution in [1.82, 2.24) is 0 Å². The third-order valence-electron chi connectivity index (χ3n) is 1.62. The van der Waals surface area contributed by atoms with Gasteiger partial charge >= 0.3 is 21.6 Å². The summed E-state index contributed by atoms with van der Waals surface area (Å²) in [6.07, 6.45) is -1.52. The smallest absolute Gasteiger partial charge is 0.479 e. The zero-order valence-corrected chi connectivity index (χ0v) is 9.14. The van der Waals surface area contributed by atoms with Crippen LogP contribution in [0.3, 0.4) is 0 Å². The SMILES string of the molecule is CCCC[C@@H](OS(=O)(=O)C(F)(F)F)C(=O)O. The fraction of sp³-hybridized carbons (Fsp3) is 0.857. The molecule has 0 aliphatic heterocycles. The molecule has 0 aromatic heterocycles. The Kier molecular flexibility index (Phi) is 5.20. The fourth-order valence-corrected chi connectivity index (χ4v) is 1.40. The molecule has 0 unspecified atom stereocenters. The Balaban J connectivity index is 4.71. The molecule has 0 aromatic rings. The Morgan fingerprint density at radius 2 is 1.94 bits per heavy atom. The van der Waals surface area contributed by atoms with Gasteiger partial charge in [0.25, 0.3) is 0 Å². The summed E-state index contributed by atoms with van der Waals surface area (Å²) in [5, 5.41) is 8.47. The predicted octanol–water partition coefficient (Wildman–Crippen LogP) is 1.50. The molecule has 16 heavy (non-hydrogen) atoms. The van der Waals surface area contributed by atoms with Crippen LogP contribution in [0.15, 0.2) is 0 Å². The maximum absolute atomic E-state index is 11.9. The van der Waals surface area contributed by atoms with Crippen molar-refractivity contribution in [1.29, 1.82) is 0 Å². The second-order valence-corrected chi connectivity index (χ2v) is 4.53. The number of carboxylic acid groups (broad SMARTS) is 1. The third-order valence-corrected chi connectivity index (χ3v) is 2.67. The van der Waals surface area contributed by atoms with Crippen molar-refractivity contribution < 1.29 is 35.7 Å².